The van der Waals surface area contributed by atoms with Gasteiger partial charge in [-0.05, 0) is 36.1 Å². The second kappa shape index (κ2) is 6.27. The van der Waals surface area contributed by atoms with Crippen LogP contribution in [0.5, 0.6) is 0 Å². The molecule has 0 aromatic heterocycles. The summed E-state index contributed by atoms with van der Waals surface area (Å²) < 4.78 is 37.5. The number of fused-ring (bicyclic) bond motifs is 1. The molecular formula is C14H16F3NO2S. The molecule has 1 aliphatic rings. The van der Waals surface area contributed by atoms with E-state index in [0.717, 1.165) is 26.5 Å². The zero-order chi connectivity index (χ0) is 15.6. The Labute approximate surface area is 125 Å². The van der Waals surface area contributed by atoms with Gasteiger partial charge >= 0.3 is 12.1 Å². The fourth-order valence-electron chi connectivity index (χ4n) is 2.45. The number of rotatable bonds is 3. The molecule has 2 rings (SSSR count). The molecule has 0 saturated carbocycles. The van der Waals surface area contributed by atoms with Gasteiger partial charge in [-0.1, -0.05) is 6.07 Å². The molecule has 1 aliphatic heterocycles. The first-order valence-corrected chi connectivity index (χ1v) is 7.53. The maximum absolute atomic E-state index is 12.5. The van der Waals surface area contributed by atoms with Gasteiger partial charge in [-0.2, -0.15) is 13.2 Å². The SMILES string of the molecule is Cc1cc2c(c(SCCO)c1)CCN(C(=O)C(F)(F)F)C2. The first kappa shape index (κ1) is 16.2. The third kappa shape index (κ3) is 3.71. The first-order valence-electron chi connectivity index (χ1n) is 6.55. The zero-order valence-electron chi connectivity index (χ0n) is 11.5. The Morgan fingerprint density at radius 2 is 2.14 bits per heavy atom. The number of carbonyl (C=O) groups is 1. The predicted molar refractivity (Wildman–Crippen MR) is 74.2 cm³/mol. The van der Waals surface area contributed by atoms with E-state index < -0.39 is 12.1 Å². The van der Waals surface area contributed by atoms with Crippen molar-refractivity contribution in [2.24, 2.45) is 0 Å². The molecular weight excluding hydrogens is 303 g/mol. The Morgan fingerprint density at radius 1 is 1.43 bits per heavy atom. The summed E-state index contributed by atoms with van der Waals surface area (Å²) in [7, 11) is 0. The van der Waals surface area contributed by atoms with Gasteiger partial charge in [0.15, 0.2) is 0 Å². The molecule has 0 unspecified atom stereocenters. The lowest BCUT2D eigenvalue weighted by Crippen LogP contribution is -2.43. The van der Waals surface area contributed by atoms with Crippen LogP contribution in [0.25, 0.3) is 0 Å². The van der Waals surface area contributed by atoms with Crippen molar-refractivity contribution in [3.63, 3.8) is 0 Å². The fraction of sp³-hybridized carbons (Fsp3) is 0.500. The number of aryl methyl sites for hydroxylation is 1. The molecule has 1 heterocycles. The largest absolute Gasteiger partial charge is 0.471 e. The van der Waals surface area contributed by atoms with E-state index in [1.54, 1.807) is 0 Å². The van der Waals surface area contributed by atoms with Crippen molar-refractivity contribution in [2.75, 3.05) is 18.9 Å². The Kier molecular flexibility index (Phi) is 4.83. The minimum Gasteiger partial charge on any atom is -0.396 e. The van der Waals surface area contributed by atoms with Gasteiger partial charge in [0, 0.05) is 23.7 Å². The standard InChI is InChI=1S/C14H16F3NO2S/c1-9-6-10-8-18(13(20)14(15,16)17)3-2-11(10)12(7-9)21-5-4-19/h6-7,19H,2-5,8H2,1H3. The van der Waals surface area contributed by atoms with Crippen molar-refractivity contribution in [3.05, 3.63) is 28.8 Å². The predicted octanol–water partition coefficient (Wildman–Crippen LogP) is 2.53. The van der Waals surface area contributed by atoms with E-state index in [2.05, 4.69) is 0 Å². The van der Waals surface area contributed by atoms with Crippen LogP contribution in [-0.4, -0.2) is 41.0 Å². The summed E-state index contributed by atoms with van der Waals surface area (Å²) in [6, 6.07) is 3.80. The highest BCUT2D eigenvalue weighted by atomic mass is 32.2. The van der Waals surface area contributed by atoms with Crippen LogP contribution in [0.3, 0.4) is 0 Å². The number of benzene rings is 1. The van der Waals surface area contributed by atoms with E-state index in [4.69, 9.17) is 5.11 Å². The number of thioether (sulfide) groups is 1. The maximum atomic E-state index is 12.5. The molecule has 0 spiro atoms. The Balaban J connectivity index is 2.25. The van der Waals surface area contributed by atoms with E-state index in [1.165, 1.54) is 11.8 Å². The van der Waals surface area contributed by atoms with Crippen molar-refractivity contribution in [3.8, 4) is 0 Å². The number of aliphatic hydroxyl groups is 1. The maximum Gasteiger partial charge on any atom is 0.471 e. The molecule has 0 aliphatic carbocycles. The molecule has 116 valence electrons. The summed E-state index contributed by atoms with van der Waals surface area (Å²) in [6.45, 7) is 1.98. The number of amides is 1. The summed E-state index contributed by atoms with van der Waals surface area (Å²) in [6.07, 6.45) is -4.42. The second-order valence-electron chi connectivity index (χ2n) is 4.95. The number of hydrogen-bond donors (Lipinski definition) is 1. The second-order valence-corrected chi connectivity index (χ2v) is 6.08. The normalized spacial score (nSPS) is 15.0. The van der Waals surface area contributed by atoms with Gasteiger partial charge in [0.25, 0.3) is 0 Å². The number of halogens is 3. The molecule has 0 saturated heterocycles. The number of hydrogen-bond acceptors (Lipinski definition) is 3. The highest BCUT2D eigenvalue weighted by Gasteiger charge is 2.43. The minimum atomic E-state index is -4.82. The smallest absolute Gasteiger partial charge is 0.396 e. The van der Waals surface area contributed by atoms with Gasteiger partial charge in [0.05, 0.1) is 6.61 Å². The number of nitrogens with zero attached hydrogens (tertiary/aromatic N) is 1. The van der Waals surface area contributed by atoms with Crippen LogP contribution >= 0.6 is 11.8 Å². The molecule has 1 aromatic rings. The third-order valence-electron chi connectivity index (χ3n) is 3.32. The molecule has 0 fully saturated rings. The van der Waals surface area contributed by atoms with Crippen LogP contribution in [0.1, 0.15) is 16.7 Å². The highest BCUT2D eigenvalue weighted by Crippen LogP contribution is 2.32. The van der Waals surface area contributed by atoms with Crippen LogP contribution in [0.15, 0.2) is 17.0 Å². The van der Waals surface area contributed by atoms with Gasteiger partial charge in [0.2, 0.25) is 0 Å². The molecule has 0 bridgehead atoms. The summed E-state index contributed by atoms with van der Waals surface area (Å²) in [4.78, 5) is 13.2. The lowest BCUT2D eigenvalue weighted by molar-refractivity contribution is -0.186. The quantitative estimate of drug-likeness (QED) is 0.871. The van der Waals surface area contributed by atoms with Crippen LogP contribution in [0.2, 0.25) is 0 Å². The monoisotopic (exact) mass is 319 g/mol. The third-order valence-corrected chi connectivity index (χ3v) is 4.38. The van der Waals surface area contributed by atoms with Crippen molar-refractivity contribution in [1.82, 2.24) is 4.90 Å². The summed E-state index contributed by atoms with van der Waals surface area (Å²) >= 11 is 1.49. The summed E-state index contributed by atoms with van der Waals surface area (Å²) in [5.41, 5.74) is 2.69. The van der Waals surface area contributed by atoms with Gasteiger partial charge in [0.1, 0.15) is 0 Å². The van der Waals surface area contributed by atoms with Crippen molar-refractivity contribution in [1.29, 1.82) is 0 Å². The van der Waals surface area contributed by atoms with E-state index in [0.29, 0.717) is 12.2 Å². The van der Waals surface area contributed by atoms with E-state index in [9.17, 15) is 18.0 Å². The Morgan fingerprint density at radius 3 is 2.76 bits per heavy atom. The molecule has 1 amide bonds. The summed E-state index contributed by atoms with van der Waals surface area (Å²) in [5, 5.41) is 8.91. The van der Waals surface area contributed by atoms with E-state index in [1.807, 2.05) is 19.1 Å². The Bertz CT molecular complexity index is 546. The van der Waals surface area contributed by atoms with Crippen LogP contribution < -0.4 is 0 Å². The molecule has 3 nitrogen and oxygen atoms in total. The molecule has 0 radical (unpaired) electrons. The van der Waals surface area contributed by atoms with E-state index >= 15 is 0 Å². The van der Waals surface area contributed by atoms with Crippen LogP contribution in [0, 0.1) is 6.92 Å². The lowest BCUT2D eigenvalue weighted by atomic mass is 9.97. The van der Waals surface area contributed by atoms with Crippen LogP contribution in [0.4, 0.5) is 13.2 Å². The average Bonchev–Trinajstić information content (AvgIpc) is 2.42. The first-order chi connectivity index (χ1) is 9.82. The van der Waals surface area contributed by atoms with Crippen molar-refractivity contribution >= 4 is 17.7 Å². The molecule has 1 aromatic carbocycles. The lowest BCUT2D eigenvalue weighted by Gasteiger charge is -2.31. The van der Waals surface area contributed by atoms with Crippen molar-refractivity contribution < 1.29 is 23.1 Å². The topological polar surface area (TPSA) is 40.5 Å². The number of alkyl halides is 3. The van der Waals surface area contributed by atoms with Gasteiger partial charge in [-0.3, -0.25) is 4.79 Å². The van der Waals surface area contributed by atoms with E-state index in [-0.39, 0.29) is 19.7 Å². The number of carbonyl (C=O) groups excluding carboxylic acids is 1. The molecule has 0 atom stereocenters. The highest BCUT2D eigenvalue weighted by molar-refractivity contribution is 7.99. The van der Waals surface area contributed by atoms with Crippen molar-refractivity contribution in [2.45, 2.75) is 31.0 Å². The number of aliphatic hydroxyl groups excluding tert-OH is 1. The average molecular weight is 319 g/mol. The van der Waals surface area contributed by atoms with Crippen LogP contribution in [-0.2, 0) is 17.8 Å². The molecule has 7 heteroatoms. The van der Waals surface area contributed by atoms with Gasteiger partial charge in [-0.25, -0.2) is 0 Å². The summed E-state index contributed by atoms with van der Waals surface area (Å²) in [5.74, 6) is -1.24. The molecule has 1 N–H and O–H groups in total. The zero-order valence-corrected chi connectivity index (χ0v) is 12.4. The Hall–Kier alpha value is -1.21. The van der Waals surface area contributed by atoms with Gasteiger partial charge in [-0.15, -0.1) is 11.8 Å². The fourth-order valence-corrected chi connectivity index (χ4v) is 3.44. The van der Waals surface area contributed by atoms with Gasteiger partial charge < -0.3 is 10.0 Å². The molecule has 21 heavy (non-hydrogen) atoms. The minimum absolute atomic E-state index is 0.0119.